The Morgan fingerprint density at radius 1 is 1.18 bits per heavy atom. The highest BCUT2D eigenvalue weighted by Gasteiger charge is 2.31. The van der Waals surface area contributed by atoms with E-state index in [9.17, 15) is 4.79 Å². The number of carbonyl (C=O) groups is 1. The van der Waals surface area contributed by atoms with Crippen LogP contribution in [0.15, 0.2) is 42.5 Å². The summed E-state index contributed by atoms with van der Waals surface area (Å²) >= 11 is 6.26. The third-order valence-corrected chi connectivity index (χ3v) is 5.49. The van der Waals surface area contributed by atoms with Crippen LogP contribution in [-0.2, 0) is 6.42 Å². The van der Waals surface area contributed by atoms with Gasteiger partial charge >= 0.3 is 0 Å². The Hall–Kier alpha value is -2.79. The van der Waals surface area contributed by atoms with Gasteiger partial charge in [0.25, 0.3) is 0 Å². The van der Waals surface area contributed by atoms with Crippen molar-refractivity contribution < 1.29 is 9.53 Å². The van der Waals surface area contributed by atoms with E-state index in [1.807, 2.05) is 54.1 Å². The van der Waals surface area contributed by atoms with Crippen molar-refractivity contribution in [1.29, 1.82) is 0 Å². The molecule has 1 aliphatic carbocycles. The number of aryl methyl sites for hydroxylation is 1. The predicted molar refractivity (Wildman–Crippen MR) is 111 cm³/mol. The number of fused-ring (bicyclic) bond motifs is 1. The lowest BCUT2D eigenvalue weighted by atomic mass is 9.87. The molecule has 3 aromatic rings. The van der Waals surface area contributed by atoms with E-state index in [4.69, 9.17) is 21.4 Å². The van der Waals surface area contributed by atoms with Crippen molar-refractivity contribution in [3.63, 3.8) is 0 Å². The van der Waals surface area contributed by atoms with Crippen LogP contribution >= 0.6 is 11.6 Å². The van der Waals surface area contributed by atoms with Crippen LogP contribution in [0.25, 0.3) is 5.69 Å². The first-order valence-electron chi connectivity index (χ1n) is 9.29. The molecular formula is C22H22ClN3O2. The summed E-state index contributed by atoms with van der Waals surface area (Å²) in [6.45, 7) is 4.05. The first-order chi connectivity index (χ1) is 13.5. The van der Waals surface area contributed by atoms with E-state index in [-0.39, 0.29) is 11.7 Å². The van der Waals surface area contributed by atoms with Gasteiger partial charge in [-0.3, -0.25) is 4.79 Å². The van der Waals surface area contributed by atoms with Crippen molar-refractivity contribution >= 4 is 28.9 Å². The molecule has 0 bridgehead atoms. The number of nitrogens with zero attached hydrogens (tertiary/aromatic N) is 2. The molecule has 4 rings (SSSR count). The SMILES string of the molecule is COc1ccc(-n2nc(Nc3ccc(C)c(Cl)c3)c3c2C[C@H](C)CC3=O)cc1. The molecule has 2 aromatic carbocycles. The average Bonchev–Trinajstić information content (AvgIpc) is 3.03. The van der Waals surface area contributed by atoms with Crippen LogP contribution in [0.4, 0.5) is 11.5 Å². The minimum absolute atomic E-state index is 0.120. The van der Waals surface area contributed by atoms with Crippen LogP contribution in [0.3, 0.4) is 0 Å². The third kappa shape index (κ3) is 3.38. The lowest BCUT2D eigenvalue weighted by Gasteiger charge is -2.19. The van der Waals surface area contributed by atoms with Crippen LogP contribution in [0, 0.1) is 12.8 Å². The summed E-state index contributed by atoms with van der Waals surface area (Å²) in [5.74, 6) is 1.76. The number of hydrogen-bond acceptors (Lipinski definition) is 4. The fourth-order valence-electron chi connectivity index (χ4n) is 3.59. The number of carbonyl (C=O) groups excluding carboxylic acids is 1. The molecule has 1 aliphatic rings. The number of ether oxygens (including phenoxy) is 1. The zero-order valence-electron chi connectivity index (χ0n) is 16.1. The number of ketones is 1. The second kappa shape index (κ2) is 7.32. The maximum absolute atomic E-state index is 12.8. The minimum Gasteiger partial charge on any atom is -0.497 e. The lowest BCUT2D eigenvalue weighted by Crippen LogP contribution is -2.19. The molecule has 1 aromatic heterocycles. The molecule has 0 saturated heterocycles. The number of halogens is 1. The molecule has 0 spiro atoms. The Morgan fingerprint density at radius 3 is 2.61 bits per heavy atom. The minimum atomic E-state index is 0.120. The van der Waals surface area contributed by atoms with Crippen LogP contribution < -0.4 is 10.1 Å². The second-order valence-electron chi connectivity index (χ2n) is 7.31. The predicted octanol–water partition coefficient (Wildman–Crippen LogP) is 5.35. The van der Waals surface area contributed by atoms with Crippen LogP contribution in [0.1, 0.15) is 35.0 Å². The van der Waals surface area contributed by atoms with Crippen molar-refractivity contribution in [3.05, 3.63) is 64.3 Å². The van der Waals surface area contributed by atoms with Crippen molar-refractivity contribution in [2.75, 3.05) is 12.4 Å². The molecule has 1 N–H and O–H groups in total. The van der Waals surface area contributed by atoms with Crippen molar-refractivity contribution in [2.24, 2.45) is 5.92 Å². The molecule has 5 nitrogen and oxygen atoms in total. The number of Topliss-reactive ketones (excluding diaryl/α,β-unsaturated/α-hetero) is 1. The first kappa shape index (κ1) is 18.6. The second-order valence-corrected chi connectivity index (χ2v) is 7.71. The highest BCUT2D eigenvalue weighted by Crippen LogP contribution is 2.34. The quantitative estimate of drug-likeness (QED) is 0.646. The van der Waals surface area contributed by atoms with Crippen molar-refractivity contribution in [1.82, 2.24) is 9.78 Å². The lowest BCUT2D eigenvalue weighted by molar-refractivity contribution is 0.0953. The van der Waals surface area contributed by atoms with Crippen molar-refractivity contribution in [2.45, 2.75) is 26.7 Å². The normalized spacial score (nSPS) is 16.0. The van der Waals surface area contributed by atoms with Gasteiger partial charge in [-0.05, 0) is 61.2 Å². The fraction of sp³-hybridized carbons (Fsp3) is 0.273. The molecule has 0 saturated carbocycles. The molecule has 1 heterocycles. The van der Waals surface area contributed by atoms with Gasteiger partial charge in [0.2, 0.25) is 0 Å². The monoisotopic (exact) mass is 395 g/mol. The molecular weight excluding hydrogens is 374 g/mol. The Kier molecular flexibility index (Phi) is 4.85. The maximum Gasteiger partial charge on any atom is 0.168 e. The molecule has 0 radical (unpaired) electrons. The van der Waals surface area contributed by atoms with Gasteiger partial charge < -0.3 is 10.1 Å². The molecule has 0 fully saturated rings. The Morgan fingerprint density at radius 2 is 1.93 bits per heavy atom. The summed E-state index contributed by atoms with van der Waals surface area (Å²) in [6.07, 6.45) is 1.33. The van der Waals surface area contributed by atoms with Gasteiger partial charge in [0.15, 0.2) is 11.6 Å². The largest absolute Gasteiger partial charge is 0.497 e. The van der Waals surface area contributed by atoms with Gasteiger partial charge in [0.1, 0.15) is 5.75 Å². The van der Waals surface area contributed by atoms with Crippen LogP contribution in [0.5, 0.6) is 5.75 Å². The molecule has 1 atom stereocenters. The molecule has 28 heavy (non-hydrogen) atoms. The zero-order valence-corrected chi connectivity index (χ0v) is 16.9. The molecule has 0 amide bonds. The van der Waals surface area contributed by atoms with E-state index >= 15 is 0 Å². The van der Waals surface area contributed by atoms with E-state index in [2.05, 4.69) is 12.2 Å². The summed E-state index contributed by atoms with van der Waals surface area (Å²) in [4.78, 5) is 12.8. The number of hydrogen-bond donors (Lipinski definition) is 1. The van der Waals surface area contributed by atoms with E-state index < -0.39 is 0 Å². The summed E-state index contributed by atoms with van der Waals surface area (Å²) < 4.78 is 7.11. The number of nitrogens with one attached hydrogen (secondary N) is 1. The highest BCUT2D eigenvalue weighted by atomic mass is 35.5. The number of benzene rings is 2. The van der Waals surface area contributed by atoms with E-state index in [0.717, 1.165) is 34.8 Å². The first-order valence-corrected chi connectivity index (χ1v) is 9.66. The van der Waals surface area contributed by atoms with Crippen LogP contribution in [-0.4, -0.2) is 22.7 Å². The molecule has 0 aliphatic heterocycles. The zero-order chi connectivity index (χ0) is 19.8. The van der Waals surface area contributed by atoms with Crippen LogP contribution in [0.2, 0.25) is 5.02 Å². The van der Waals surface area contributed by atoms with Gasteiger partial charge in [0, 0.05) is 17.1 Å². The van der Waals surface area contributed by atoms with Gasteiger partial charge in [-0.1, -0.05) is 24.6 Å². The summed E-state index contributed by atoms with van der Waals surface area (Å²) in [5.41, 5.74) is 4.32. The number of anilines is 2. The van der Waals surface area contributed by atoms with E-state index in [1.165, 1.54) is 0 Å². The van der Waals surface area contributed by atoms with Gasteiger partial charge in [-0.25, -0.2) is 4.68 Å². The Balaban J connectivity index is 1.80. The van der Waals surface area contributed by atoms with Gasteiger partial charge in [-0.2, -0.15) is 0 Å². The van der Waals surface area contributed by atoms with Gasteiger partial charge in [0.05, 0.1) is 24.1 Å². The Labute approximate surface area is 169 Å². The molecule has 0 unspecified atom stereocenters. The summed E-state index contributed by atoms with van der Waals surface area (Å²) in [6, 6.07) is 13.4. The fourth-order valence-corrected chi connectivity index (χ4v) is 3.77. The maximum atomic E-state index is 12.8. The highest BCUT2D eigenvalue weighted by molar-refractivity contribution is 6.31. The third-order valence-electron chi connectivity index (χ3n) is 5.09. The Bertz CT molecular complexity index is 1040. The number of rotatable bonds is 4. The van der Waals surface area contributed by atoms with E-state index in [0.29, 0.717) is 22.8 Å². The smallest absolute Gasteiger partial charge is 0.168 e. The topological polar surface area (TPSA) is 56.1 Å². The molecule has 6 heteroatoms. The van der Waals surface area contributed by atoms with Crippen molar-refractivity contribution in [3.8, 4) is 11.4 Å². The van der Waals surface area contributed by atoms with E-state index in [1.54, 1.807) is 7.11 Å². The molecule has 144 valence electrons. The summed E-state index contributed by atoms with van der Waals surface area (Å²) in [7, 11) is 1.64. The standard InChI is InChI=1S/C22H22ClN3O2/c1-13-10-19-21(20(27)11-13)22(24-15-5-4-14(2)18(23)12-15)25-26(19)16-6-8-17(28-3)9-7-16/h4-9,12-13H,10-11H2,1-3H3,(H,24,25)/t13-/m0/s1. The average molecular weight is 396 g/mol. The van der Waals surface area contributed by atoms with Gasteiger partial charge in [-0.15, -0.1) is 5.10 Å². The number of aromatic nitrogens is 2. The summed E-state index contributed by atoms with van der Waals surface area (Å²) in [5, 5.41) is 8.72. The number of methoxy groups -OCH3 is 1.